The molecule has 1 amide bonds. The predicted molar refractivity (Wildman–Crippen MR) is 101 cm³/mol. The summed E-state index contributed by atoms with van der Waals surface area (Å²) in [7, 11) is 0. The van der Waals surface area contributed by atoms with Crippen molar-refractivity contribution in [2.45, 2.75) is 19.8 Å². The normalized spacial score (nSPS) is 15.4. The van der Waals surface area contributed by atoms with Crippen molar-refractivity contribution in [3.63, 3.8) is 0 Å². The molecule has 1 N–H and O–H groups in total. The highest BCUT2D eigenvalue weighted by molar-refractivity contribution is 6.30. The smallest absolute Gasteiger partial charge is 0.227 e. The van der Waals surface area contributed by atoms with Crippen LogP contribution < -0.4 is 10.2 Å². The molecule has 1 aromatic carbocycles. The summed E-state index contributed by atoms with van der Waals surface area (Å²) in [6, 6.07) is 11.0. The number of anilines is 2. The van der Waals surface area contributed by atoms with Crippen LogP contribution in [0.25, 0.3) is 5.65 Å². The van der Waals surface area contributed by atoms with Crippen molar-refractivity contribution in [1.29, 1.82) is 0 Å². The lowest BCUT2D eigenvalue weighted by Gasteiger charge is -2.32. The molecule has 3 aromatic rings. The Balaban J connectivity index is 1.39. The van der Waals surface area contributed by atoms with Crippen LogP contribution in [0.4, 0.5) is 11.5 Å². The molecule has 0 bridgehead atoms. The van der Waals surface area contributed by atoms with Crippen LogP contribution in [0.1, 0.15) is 18.7 Å². The number of piperidine rings is 1. The van der Waals surface area contributed by atoms with E-state index in [1.807, 2.05) is 31.2 Å². The predicted octanol–water partition coefficient (Wildman–Crippen LogP) is 2.94. The first kappa shape index (κ1) is 16.8. The molecule has 4 rings (SSSR count). The molecule has 1 aliphatic heterocycles. The van der Waals surface area contributed by atoms with Crippen molar-refractivity contribution in [3.8, 4) is 0 Å². The van der Waals surface area contributed by atoms with E-state index in [-0.39, 0.29) is 11.8 Å². The highest BCUT2D eigenvalue weighted by Gasteiger charge is 2.26. The molecular formula is C18H19ClN6O. The molecule has 26 heavy (non-hydrogen) atoms. The molecule has 0 saturated carbocycles. The Morgan fingerprint density at radius 2 is 1.85 bits per heavy atom. The lowest BCUT2D eigenvalue weighted by molar-refractivity contribution is -0.120. The summed E-state index contributed by atoms with van der Waals surface area (Å²) in [4.78, 5) is 14.7. The second kappa shape index (κ2) is 6.92. The van der Waals surface area contributed by atoms with Crippen LogP contribution in [-0.4, -0.2) is 38.8 Å². The average molecular weight is 371 g/mol. The minimum atomic E-state index is 0.00214. The quantitative estimate of drug-likeness (QED) is 0.767. The van der Waals surface area contributed by atoms with Crippen LogP contribution in [0.15, 0.2) is 36.4 Å². The van der Waals surface area contributed by atoms with Crippen LogP contribution in [0.3, 0.4) is 0 Å². The molecule has 1 aliphatic rings. The van der Waals surface area contributed by atoms with Gasteiger partial charge in [-0.25, -0.2) is 0 Å². The van der Waals surface area contributed by atoms with Crippen LogP contribution in [0.2, 0.25) is 5.02 Å². The van der Waals surface area contributed by atoms with Gasteiger partial charge in [0, 0.05) is 29.7 Å². The maximum atomic E-state index is 12.5. The number of rotatable bonds is 3. The number of nitrogens with zero attached hydrogens (tertiary/aromatic N) is 5. The summed E-state index contributed by atoms with van der Waals surface area (Å²) in [5.74, 6) is 1.71. The minimum Gasteiger partial charge on any atom is -0.355 e. The van der Waals surface area contributed by atoms with Crippen LogP contribution in [0, 0.1) is 12.8 Å². The van der Waals surface area contributed by atoms with Crippen molar-refractivity contribution in [2.75, 3.05) is 23.3 Å². The zero-order valence-electron chi connectivity index (χ0n) is 14.4. The van der Waals surface area contributed by atoms with Crippen LogP contribution in [-0.2, 0) is 4.79 Å². The van der Waals surface area contributed by atoms with E-state index in [2.05, 4.69) is 25.5 Å². The molecule has 8 heteroatoms. The number of hydrogen-bond donors (Lipinski definition) is 1. The van der Waals surface area contributed by atoms with Gasteiger partial charge in [-0.15, -0.1) is 15.3 Å². The highest BCUT2D eigenvalue weighted by Crippen LogP contribution is 2.24. The summed E-state index contributed by atoms with van der Waals surface area (Å²) in [6.07, 6.45) is 1.58. The van der Waals surface area contributed by atoms with Gasteiger partial charge in [0.25, 0.3) is 0 Å². The fraction of sp³-hybridized carbons (Fsp3) is 0.333. The summed E-state index contributed by atoms with van der Waals surface area (Å²) < 4.78 is 1.74. The van der Waals surface area contributed by atoms with Crippen molar-refractivity contribution in [3.05, 3.63) is 47.2 Å². The van der Waals surface area contributed by atoms with E-state index in [1.54, 1.807) is 16.6 Å². The number of carbonyl (C=O) groups is 1. The van der Waals surface area contributed by atoms with E-state index in [4.69, 9.17) is 11.6 Å². The summed E-state index contributed by atoms with van der Waals surface area (Å²) in [5.41, 5.74) is 1.51. The zero-order valence-corrected chi connectivity index (χ0v) is 15.1. The Labute approximate surface area is 156 Å². The zero-order chi connectivity index (χ0) is 18.1. The molecule has 2 aromatic heterocycles. The van der Waals surface area contributed by atoms with Crippen molar-refractivity contribution in [2.24, 2.45) is 5.92 Å². The van der Waals surface area contributed by atoms with Gasteiger partial charge in [-0.1, -0.05) is 11.6 Å². The lowest BCUT2D eigenvalue weighted by Crippen LogP contribution is -2.38. The van der Waals surface area contributed by atoms with Crippen LogP contribution >= 0.6 is 11.6 Å². The molecule has 0 aliphatic carbocycles. The van der Waals surface area contributed by atoms with Gasteiger partial charge in [-0.2, -0.15) is 4.52 Å². The van der Waals surface area contributed by atoms with Gasteiger partial charge in [0.1, 0.15) is 5.82 Å². The van der Waals surface area contributed by atoms with E-state index < -0.39 is 0 Å². The number of carbonyl (C=O) groups excluding carboxylic acids is 1. The molecule has 3 heterocycles. The van der Waals surface area contributed by atoms with Crippen molar-refractivity contribution in [1.82, 2.24) is 19.8 Å². The van der Waals surface area contributed by atoms with Crippen LogP contribution in [0.5, 0.6) is 0 Å². The van der Waals surface area contributed by atoms with Gasteiger partial charge in [0.15, 0.2) is 11.5 Å². The van der Waals surface area contributed by atoms with E-state index in [0.29, 0.717) is 5.02 Å². The second-order valence-corrected chi connectivity index (χ2v) is 6.90. The Kier molecular flexibility index (Phi) is 4.46. The van der Waals surface area contributed by atoms with Gasteiger partial charge in [0.2, 0.25) is 5.91 Å². The third kappa shape index (κ3) is 3.35. The fourth-order valence-electron chi connectivity index (χ4n) is 3.20. The standard InChI is InChI=1S/C18H19ClN6O/c1-12-21-22-16-6-7-17(23-25(12)16)24-10-8-13(9-11-24)18(26)20-15-4-2-14(19)3-5-15/h2-7,13H,8-11H2,1H3,(H,20,26). The van der Waals surface area contributed by atoms with Gasteiger partial charge >= 0.3 is 0 Å². The Morgan fingerprint density at radius 3 is 2.58 bits per heavy atom. The number of fused-ring (bicyclic) bond motifs is 1. The number of amides is 1. The number of aromatic nitrogens is 4. The first-order chi connectivity index (χ1) is 12.6. The molecule has 0 radical (unpaired) electrons. The van der Waals surface area contributed by atoms with E-state index >= 15 is 0 Å². The minimum absolute atomic E-state index is 0.00214. The molecule has 1 saturated heterocycles. The Morgan fingerprint density at radius 1 is 1.12 bits per heavy atom. The molecule has 1 fully saturated rings. The van der Waals surface area contributed by atoms with Gasteiger partial charge in [-0.05, 0) is 56.2 Å². The summed E-state index contributed by atoms with van der Waals surface area (Å²) >= 11 is 5.88. The monoisotopic (exact) mass is 370 g/mol. The third-order valence-electron chi connectivity index (χ3n) is 4.71. The maximum Gasteiger partial charge on any atom is 0.227 e. The number of hydrogen-bond acceptors (Lipinski definition) is 5. The van der Waals surface area contributed by atoms with Gasteiger partial charge in [-0.3, -0.25) is 4.79 Å². The molecule has 0 spiro atoms. The summed E-state index contributed by atoms with van der Waals surface area (Å²) in [6.45, 7) is 3.46. The first-order valence-electron chi connectivity index (χ1n) is 8.60. The average Bonchev–Trinajstić information content (AvgIpc) is 3.04. The molecular weight excluding hydrogens is 352 g/mol. The number of halogens is 1. The van der Waals surface area contributed by atoms with Gasteiger partial charge < -0.3 is 10.2 Å². The largest absolute Gasteiger partial charge is 0.355 e. The first-order valence-corrected chi connectivity index (χ1v) is 8.98. The lowest BCUT2D eigenvalue weighted by atomic mass is 9.96. The van der Waals surface area contributed by atoms with Crippen molar-refractivity contribution >= 4 is 34.7 Å². The molecule has 7 nitrogen and oxygen atoms in total. The van der Waals surface area contributed by atoms with Crippen molar-refractivity contribution < 1.29 is 4.79 Å². The number of aryl methyl sites for hydroxylation is 1. The maximum absolute atomic E-state index is 12.5. The number of benzene rings is 1. The third-order valence-corrected chi connectivity index (χ3v) is 4.96. The molecule has 0 unspecified atom stereocenters. The topological polar surface area (TPSA) is 75.4 Å². The number of nitrogens with one attached hydrogen (secondary N) is 1. The Hall–Kier alpha value is -2.67. The van der Waals surface area contributed by atoms with Gasteiger partial charge in [0.05, 0.1) is 0 Å². The second-order valence-electron chi connectivity index (χ2n) is 6.47. The fourth-order valence-corrected chi connectivity index (χ4v) is 3.33. The molecule has 134 valence electrons. The summed E-state index contributed by atoms with van der Waals surface area (Å²) in [5, 5.41) is 16.3. The van der Waals surface area contributed by atoms with E-state index in [9.17, 15) is 4.79 Å². The van der Waals surface area contributed by atoms with E-state index in [0.717, 1.165) is 48.9 Å². The Bertz CT molecular complexity index is 931. The molecule has 0 atom stereocenters. The SMILES string of the molecule is Cc1nnc2ccc(N3CCC(C(=O)Nc4ccc(Cl)cc4)CC3)nn12. The highest BCUT2D eigenvalue weighted by atomic mass is 35.5. The van der Waals surface area contributed by atoms with E-state index in [1.165, 1.54) is 0 Å².